The second-order valence-corrected chi connectivity index (χ2v) is 20.0. The number of nitrogens with one attached hydrogen (secondary N) is 2. The van der Waals surface area contributed by atoms with Crippen molar-refractivity contribution in [3.05, 3.63) is 168 Å². The Labute approximate surface area is 463 Å². The van der Waals surface area contributed by atoms with Crippen LogP contribution in [0.1, 0.15) is 127 Å². The minimum atomic E-state index is -0.556. The average Bonchev–Trinajstić information content (AvgIpc) is 3.36. The summed E-state index contributed by atoms with van der Waals surface area (Å²) in [4.78, 5) is 89.4. The molecule has 2 aromatic heterocycles. The lowest BCUT2D eigenvalue weighted by Gasteiger charge is -2.19. The number of aryl methyl sites for hydroxylation is 4. The largest absolute Gasteiger partial charge is 0.508 e. The topological polar surface area (TPSA) is 296 Å². The fourth-order valence-corrected chi connectivity index (χ4v) is 6.76. The Morgan fingerprint density at radius 1 is 0.537 bits per heavy atom. The number of carbonyl (C=O) groups excluding carboxylic acids is 6. The first-order valence-corrected chi connectivity index (χ1v) is 25.3. The number of aromatic hydroxyl groups is 4. The van der Waals surface area contributed by atoms with Crippen molar-refractivity contribution in [1.82, 2.24) is 10.6 Å². The van der Waals surface area contributed by atoms with Crippen LogP contribution in [-0.2, 0) is 27.1 Å². The average molecular weight is 1100 g/mol. The summed E-state index contributed by atoms with van der Waals surface area (Å²) < 4.78 is 25.8. The van der Waals surface area contributed by atoms with Gasteiger partial charge in [-0.2, -0.15) is 0 Å². The molecule has 5 aromatic carbocycles. The van der Waals surface area contributed by atoms with Gasteiger partial charge < -0.3 is 54.1 Å². The second-order valence-electron chi connectivity index (χ2n) is 20.0. The molecule has 6 N–H and O–H groups in total. The fraction of sp³-hybridized carbons (Fsp3) is 0.311. The number of ether oxygens (including phenoxy) is 3. The Balaban J connectivity index is 0.000000273. The molecule has 0 saturated carbocycles. The van der Waals surface area contributed by atoms with Gasteiger partial charge in [-0.05, 0) is 165 Å². The maximum atomic E-state index is 11.9. The van der Waals surface area contributed by atoms with Gasteiger partial charge >= 0.3 is 29.4 Å². The first kappa shape index (κ1) is 65.0. The standard InChI is InChI=1S/C17H23NO5.C17H21NO4.C12H12O3.C8H8O2.C7H6O3/c1-12-7-8-13(11-19)14(10-12)22-15(20)6-5-9-18-16(21)23-17(2,3)4;1-11-5-6-12-10-13(15(19)21-14(12)9-11)7-8-18-16(20)22-17(2,3)4;1-2-3-9-6-8-4-5-10(13)7-11(8)15-12(9)14;1-6-2-3-7(5-9)8(10)4-6;8-4-5-1-2-6(9)3-7(5)10/h7-8,10-11H,5-6,9H2,1-4H3,(H,18,21);5-6,9-10H,7-8H2,1-4H3,(H,18,20);4-7,13H,2-3H2,1H3;2-5,10H,1H3;1-4,9-10H. The first-order valence-electron chi connectivity index (χ1n) is 25.3. The van der Waals surface area contributed by atoms with Crippen molar-refractivity contribution in [2.75, 3.05) is 13.1 Å². The van der Waals surface area contributed by atoms with E-state index < -0.39 is 29.4 Å². The summed E-state index contributed by atoms with van der Waals surface area (Å²) in [7, 11) is 0. The molecule has 0 unspecified atom stereocenters. The van der Waals surface area contributed by atoms with E-state index >= 15 is 0 Å². The molecular weight excluding hydrogens is 1030 g/mol. The molecular formula is C61H70N2O17. The number of hydrogen-bond acceptors (Lipinski definition) is 17. The van der Waals surface area contributed by atoms with E-state index in [1.54, 1.807) is 96.1 Å². The van der Waals surface area contributed by atoms with Crippen LogP contribution < -0.4 is 26.6 Å². The van der Waals surface area contributed by atoms with Gasteiger partial charge in [-0.15, -0.1) is 0 Å². The lowest BCUT2D eigenvalue weighted by molar-refractivity contribution is -0.134. The summed E-state index contributed by atoms with van der Waals surface area (Å²) in [6, 6.07) is 27.9. The van der Waals surface area contributed by atoms with E-state index in [4.69, 9.17) is 38.4 Å². The molecule has 19 heteroatoms. The van der Waals surface area contributed by atoms with Crippen LogP contribution in [0.25, 0.3) is 21.9 Å². The molecule has 0 spiro atoms. The molecule has 0 atom stereocenters. The van der Waals surface area contributed by atoms with E-state index in [9.17, 15) is 43.5 Å². The van der Waals surface area contributed by atoms with Crippen molar-refractivity contribution in [3.8, 4) is 28.7 Å². The van der Waals surface area contributed by atoms with Crippen LogP contribution in [0.3, 0.4) is 0 Å². The van der Waals surface area contributed by atoms with Gasteiger partial charge in [0.2, 0.25) is 0 Å². The highest BCUT2D eigenvalue weighted by molar-refractivity contribution is 5.83. The molecule has 0 bridgehead atoms. The van der Waals surface area contributed by atoms with Gasteiger partial charge in [-0.25, -0.2) is 19.2 Å². The zero-order valence-electron chi connectivity index (χ0n) is 46.6. The normalized spacial score (nSPS) is 10.6. The first-order chi connectivity index (χ1) is 37.6. The summed E-state index contributed by atoms with van der Waals surface area (Å²) in [5.41, 5.74) is 4.18. The highest BCUT2D eigenvalue weighted by Crippen LogP contribution is 2.23. The van der Waals surface area contributed by atoms with Gasteiger partial charge in [0.25, 0.3) is 0 Å². The molecule has 2 amide bonds. The smallest absolute Gasteiger partial charge is 0.407 e. The summed E-state index contributed by atoms with van der Waals surface area (Å²) in [6.45, 7) is 19.0. The number of carbonyl (C=O) groups is 6. The Kier molecular flexibility index (Phi) is 25.4. The zero-order chi connectivity index (χ0) is 59.7. The number of benzene rings is 5. The molecule has 0 radical (unpaired) electrons. The van der Waals surface area contributed by atoms with E-state index in [0.29, 0.717) is 78.2 Å². The molecule has 0 aliphatic rings. The Hall–Kier alpha value is -9.26. The lowest BCUT2D eigenvalue weighted by atomic mass is 10.1. The van der Waals surface area contributed by atoms with Crippen LogP contribution in [-0.4, -0.2) is 81.7 Å². The molecule has 0 fully saturated rings. The van der Waals surface area contributed by atoms with Crippen molar-refractivity contribution in [2.24, 2.45) is 0 Å². The number of esters is 1. The number of fused-ring (bicyclic) bond motifs is 2. The maximum Gasteiger partial charge on any atom is 0.407 e. The van der Waals surface area contributed by atoms with Crippen molar-refractivity contribution >= 4 is 59.0 Å². The van der Waals surface area contributed by atoms with Gasteiger partial charge in [-0.3, -0.25) is 19.2 Å². The van der Waals surface area contributed by atoms with Gasteiger partial charge in [0.1, 0.15) is 51.1 Å². The fourth-order valence-electron chi connectivity index (χ4n) is 6.76. The molecule has 0 aliphatic carbocycles. The predicted octanol–water partition coefficient (Wildman–Crippen LogP) is 11.1. The molecule has 7 rings (SSSR count). The number of hydrogen-bond donors (Lipinski definition) is 6. The summed E-state index contributed by atoms with van der Waals surface area (Å²) in [5, 5.41) is 42.9. The molecule has 0 saturated heterocycles. The summed E-state index contributed by atoms with van der Waals surface area (Å²) >= 11 is 0. The zero-order valence-corrected chi connectivity index (χ0v) is 46.6. The third-order valence-corrected chi connectivity index (χ3v) is 10.5. The van der Waals surface area contributed by atoms with Crippen molar-refractivity contribution in [2.45, 2.75) is 113 Å². The minimum Gasteiger partial charge on any atom is -0.508 e. The van der Waals surface area contributed by atoms with Crippen molar-refractivity contribution in [3.63, 3.8) is 0 Å². The highest BCUT2D eigenvalue weighted by Gasteiger charge is 2.18. The number of alkyl carbamates (subject to hydrolysis) is 2. The molecule has 2 heterocycles. The van der Waals surface area contributed by atoms with Gasteiger partial charge in [0.05, 0.1) is 16.7 Å². The number of phenolic OH excluding ortho intramolecular Hbond substituents is 4. The summed E-state index contributed by atoms with van der Waals surface area (Å²) in [6.07, 6.45) is 3.36. The van der Waals surface area contributed by atoms with Gasteiger partial charge in [0.15, 0.2) is 18.9 Å². The Morgan fingerprint density at radius 3 is 1.50 bits per heavy atom. The van der Waals surface area contributed by atoms with E-state index in [1.165, 1.54) is 18.2 Å². The maximum absolute atomic E-state index is 11.9. The van der Waals surface area contributed by atoms with Crippen LogP contribution in [0.4, 0.5) is 9.59 Å². The molecule has 80 heavy (non-hydrogen) atoms. The van der Waals surface area contributed by atoms with Crippen LogP contribution in [0.15, 0.2) is 122 Å². The van der Waals surface area contributed by atoms with Crippen molar-refractivity contribution in [1.29, 1.82) is 0 Å². The SMILES string of the molecule is CCCc1cc2ccc(O)cc2oc1=O.Cc1ccc(C=O)c(O)c1.Cc1ccc(C=O)c(OC(=O)CCCNC(=O)OC(C)(C)C)c1.Cc1ccc2cc(CCNC(=O)OC(C)(C)C)c(=O)oc2c1.O=Cc1ccc(O)cc1O. The number of amides is 2. The second kappa shape index (κ2) is 31.2. The molecule has 7 aromatic rings. The summed E-state index contributed by atoms with van der Waals surface area (Å²) in [5.74, 6) is -0.295. The number of phenols is 4. The minimum absolute atomic E-state index is 0.0509. The highest BCUT2D eigenvalue weighted by atomic mass is 16.6. The molecule has 426 valence electrons. The predicted molar refractivity (Wildman–Crippen MR) is 302 cm³/mol. The lowest BCUT2D eigenvalue weighted by Crippen LogP contribution is -2.34. The number of aldehydes is 3. The van der Waals surface area contributed by atoms with E-state index in [0.717, 1.165) is 46.4 Å². The van der Waals surface area contributed by atoms with E-state index in [-0.39, 0.29) is 52.0 Å². The van der Waals surface area contributed by atoms with Crippen LogP contribution in [0.5, 0.6) is 28.7 Å². The van der Waals surface area contributed by atoms with Gasteiger partial charge in [0, 0.05) is 53.5 Å². The third kappa shape index (κ3) is 23.5. The Morgan fingerprint density at radius 2 is 0.975 bits per heavy atom. The van der Waals surface area contributed by atoms with E-state index in [1.807, 2.05) is 52.0 Å². The Bertz CT molecular complexity index is 3310. The number of rotatable bonds is 13. The van der Waals surface area contributed by atoms with Crippen molar-refractivity contribution < 1.29 is 72.2 Å². The third-order valence-electron chi connectivity index (χ3n) is 10.5. The van der Waals surface area contributed by atoms with Gasteiger partial charge in [-0.1, -0.05) is 37.6 Å². The molecule has 19 nitrogen and oxygen atoms in total. The van der Waals surface area contributed by atoms with Crippen LogP contribution >= 0.6 is 0 Å². The molecule has 0 aliphatic heterocycles. The monoisotopic (exact) mass is 1100 g/mol. The van der Waals surface area contributed by atoms with Crippen LogP contribution in [0.2, 0.25) is 0 Å². The quantitative estimate of drug-likeness (QED) is 0.0206. The van der Waals surface area contributed by atoms with E-state index in [2.05, 4.69) is 10.6 Å². The van der Waals surface area contributed by atoms with Crippen LogP contribution in [0, 0.1) is 20.8 Å².